The van der Waals surface area contributed by atoms with Crippen molar-refractivity contribution in [1.82, 2.24) is 14.7 Å². The first kappa shape index (κ1) is 28.8. The molecule has 0 aromatic heterocycles. The van der Waals surface area contributed by atoms with E-state index in [0.29, 0.717) is 13.1 Å². The number of β-amino-alcohol motifs (C(OH)–C–C–N with tert-alkyl or cyclic N) is 1. The van der Waals surface area contributed by atoms with Gasteiger partial charge in [-0.25, -0.2) is 0 Å². The Labute approximate surface area is 221 Å². The van der Waals surface area contributed by atoms with Gasteiger partial charge in [-0.2, -0.15) is 0 Å². The van der Waals surface area contributed by atoms with Gasteiger partial charge in [-0.3, -0.25) is 14.4 Å². The number of hydrogen-bond donors (Lipinski definition) is 1. The van der Waals surface area contributed by atoms with Gasteiger partial charge in [-0.15, -0.1) is 24.9 Å². The Morgan fingerprint density at radius 1 is 1.17 bits per heavy atom. The fourth-order valence-corrected chi connectivity index (χ4v) is 9.68. The van der Waals surface area contributed by atoms with E-state index in [9.17, 15) is 19.5 Å². The van der Waals surface area contributed by atoms with Crippen molar-refractivity contribution in [2.75, 3.05) is 33.3 Å². The molecule has 0 aliphatic carbocycles. The molecule has 6 atom stereocenters. The Balaban J connectivity index is 2.10. The molecule has 3 saturated heterocycles. The summed E-state index contributed by atoms with van der Waals surface area (Å²) in [5.41, 5.74) is -0.489. The van der Waals surface area contributed by atoms with Crippen LogP contribution in [0.15, 0.2) is 25.3 Å². The van der Waals surface area contributed by atoms with E-state index < -0.39 is 28.2 Å². The minimum absolute atomic E-state index is 0.00395. The fraction of sp³-hybridized carbons (Fsp3) is 0.750. The summed E-state index contributed by atoms with van der Waals surface area (Å²) in [6.45, 7) is 21.0. The molecule has 3 amide bonds. The van der Waals surface area contributed by atoms with E-state index >= 15 is 0 Å². The summed E-state index contributed by atoms with van der Waals surface area (Å²) < 4.78 is -0.694. The van der Waals surface area contributed by atoms with Crippen LogP contribution >= 0.6 is 11.8 Å². The van der Waals surface area contributed by atoms with Gasteiger partial charge in [0.25, 0.3) is 0 Å². The normalized spacial score (nSPS) is 31.4. The molecule has 0 saturated carbocycles. The summed E-state index contributed by atoms with van der Waals surface area (Å²) in [5.74, 6) is -1.31. The second-order valence-corrected chi connectivity index (χ2v) is 14.2. The number of amides is 3. The van der Waals surface area contributed by atoms with Gasteiger partial charge in [0.15, 0.2) is 0 Å². The highest BCUT2D eigenvalue weighted by Crippen LogP contribution is 2.69. The van der Waals surface area contributed by atoms with Gasteiger partial charge in [0.2, 0.25) is 17.7 Å². The molecule has 7 nitrogen and oxygen atoms in total. The molecule has 0 radical (unpaired) electrons. The zero-order valence-electron chi connectivity index (χ0n) is 23.1. The summed E-state index contributed by atoms with van der Waals surface area (Å²) in [4.78, 5) is 47.2. The number of aliphatic hydroxyl groups excluding tert-OH is 1. The molecule has 8 heteroatoms. The minimum Gasteiger partial charge on any atom is -0.395 e. The van der Waals surface area contributed by atoms with Crippen LogP contribution in [0, 0.1) is 23.2 Å². The lowest BCUT2D eigenvalue weighted by Crippen LogP contribution is -2.61. The number of likely N-dealkylation sites (tertiary alicyclic amines) is 1. The molecule has 3 aliphatic heterocycles. The smallest absolute Gasteiger partial charge is 0.247 e. The standard InChI is InChI=1S/C28H45N3O4S/c1-10-12-29(9)23(33)20-19-16-18(3)28(36-19)21(20)24(34)30(14-15-32)22(28)25(35)31(13-11-2)27(7,8)17-26(4,5)6/h10-11,18-22,32H,1-2,12-17H2,3-9H3/t18?,19-,20+,21-,22?,28?/m0/s1. The molecule has 202 valence electrons. The van der Waals surface area contributed by atoms with Crippen molar-refractivity contribution < 1.29 is 19.5 Å². The molecular formula is C28H45N3O4S. The van der Waals surface area contributed by atoms with E-state index in [4.69, 9.17) is 0 Å². The van der Waals surface area contributed by atoms with E-state index in [-0.39, 0.29) is 47.5 Å². The molecule has 3 unspecified atom stereocenters. The molecule has 36 heavy (non-hydrogen) atoms. The number of likely N-dealkylation sites (N-methyl/N-ethyl adjacent to an activating group) is 1. The van der Waals surface area contributed by atoms with Crippen molar-refractivity contribution in [2.24, 2.45) is 23.2 Å². The Bertz CT molecular complexity index is 913. The lowest BCUT2D eigenvalue weighted by atomic mass is 9.65. The van der Waals surface area contributed by atoms with Gasteiger partial charge in [0.05, 0.1) is 23.2 Å². The fourth-order valence-electron chi connectivity index (χ4n) is 7.27. The van der Waals surface area contributed by atoms with Crippen LogP contribution in [-0.4, -0.2) is 92.4 Å². The lowest BCUT2D eigenvalue weighted by molar-refractivity contribution is -0.147. The van der Waals surface area contributed by atoms with Gasteiger partial charge >= 0.3 is 0 Å². The van der Waals surface area contributed by atoms with Crippen molar-refractivity contribution in [3.63, 3.8) is 0 Å². The van der Waals surface area contributed by atoms with E-state index in [1.807, 2.05) is 4.90 Å². The molecule has 3 fully saturated rings. The lowest BCUT2D eigenvalue weighted by Gasteiger charge is -2.46. The maximum Gasteiger partial charge on any atom is 0.247 e. The molecule has 0 aromatic carbocycles. The highest BCUT2D eigenvalue weighted by atomic mass is 32.2. The third-order valence-corrected chi connectivity index (χ3v) is 10.2. The zero-order chi connectivity index (χ0) is 27.2. The van der Waals surface area contributed by atoms with Crippen LogP contribution in [0.1, 0.15) is 54.4 Å². The van der Waals surface area contributed by atoms with Gasteiger partial charge in [-0.05, 0) is 38.0 Å². The number of carbonyl (C=O) groups is 3. The van der Waals surface area contributed by atoms with Crippen LogP contribution in [-0.2, 0) is 14.4 Å². The van der Waals surface area contributed by atoms with Crippen LogP contribution < -0.4 is 0 Å². The first-order valence-corrected chi connectivity index (χ1v) is 13.9. The van der Waals surface area contributed by atoms with Crippen molar-refractivity contribution >= 4 is 29.5 Å². The summed E-state index contributed by atoms with van der Waals surface area (Å²) in [6.07, 6.45) is 4.98. The number of carbonyl (C=O) groups excluding carboxylic acids is 3. The first-order valence-electron chi connectivity index (χ1n) is 13.0. The average molecular weight is 520 g/mol. The van der Waals surface area contributed by atoms with Gasteiger partial charge in [0.1, 0.15) is 6.04 Å². The van der Waals surface area contributed by atoms with Crippen LogP contribution in [0.2, 0.25) is 0 Å². The molecule has 1 spiro atoms. The third-order valence-electron chi connectivity index (χ3n) is 8.16. The summed E-state index contributed by atoms with van der Waals surface area (Å²) in [6, 6.07) is -0.728. The number of fused-ring (bicyclic) bond motifs is 1. The van der Waals surface area contributed by atoms with Crippen molar-refractivity contribution in [3.05, 3.63) is 25.3 Å². The summed E-state index contributed by atoms with van der Waals surface area (Å²) >= 11 is 1.67. The first-order chi connectivity index (χ1) is 16.7. The Morgan fingerprint density at radius 3 is 2.31 bits per heavy atom. The van der Waals surface area contributed by atoms with Crippen LogP contribution in [0.4, 0.5) is 0 Å². The maximum absolute atomic E-state index is 14.6. The Morgan fingerprint density at radius 2 is 1.78 bits per heavy atom. The average Bonchev–Trinajstić information content (AvgIpc) is 3.34. The molecule has 0 aromatic rings. The maximum atomic E-state index is 14.6. The number of rotatable bonds is 10. The number of nitrogens with zero attached hydrogens (tertiary/aromatic N) is 3. The highest BCUT2D eigenvalue weighted by molar-refractivity contribution is 8.02. The van der Waals surface area contributed by atoms with Gasteiger partial charge in [-0.1, -0.05) is 39.8 Å². The predicted octanol–water partition coefficient (Wildman–Crippen LogP) is 3.19. The number of aliphatic hydroxyl groups is 1. The van der Waals surface area contributed by atoms with Crippen LogP contribution in [0.25, 0.3) is 0 Å². The van der Waals surface area contributed by atoms with Crippen molar-refractivity contribution in [3.8, 4) is 0 Å². The van der Waals surface area contributed by atoms with Crippen LogP contribution in [0.3, 0.4) is 0 Å². The molecule has 1 N–H and O–H groups in total. The number of thioether (sulfide) groups is 1. The SMILES string of the molecule is C=CCN(C)C(=O)[C@@H]1[C@@H]2CC(C)C3(S2)C(C(=O)N(CC=C)C(C)(C)CC(C)(C)C)N(CCO)C(=O)[C@H]13. The Hall–Kier alpha value is -1.80. The molecule has 2 bridgehead atoms. The third kappa shape index (κ3) is 4.64. The Kier molecular flexibility index (Phi) is 8.12. The monoisotopic (exact) mass is 519 g/mol. The quantitative estimate of drug-likeness (QED) is 0.449. The van der Waals surface area contributed by atoms with Gasteiger partial charge in [0, 0.05) is 37.5 Å². The summed E-state index contributed by atoms with van der Waals surface area (Å²) in [7, 11) is 1.74. The number of hydrogen-bond acceptors (Lipinski definition) is 5. The minimum atomic E-state index is -0.728. The molecule has 3 heterocycles. The molecule has 3 rings (SSSR count). The second-order valence-electron chi connectivity index (χ2n) is 12.6. The van der Waals surface area contributed by atoms with E-state index in [2.05, 4.69) is 54.7 Å². The zero-order valence-corrected chi connectivity index (χ0v) is 23.9. The molecule has 3 aliphatic rings. The topological polar surface area (TPSA) is 81.2 Å². The predicted molar refractivity (Wildman–Crippen MR) is 145 cm³/mol. The van der Waals surface area contributed by atoms with E-state index in [1.54, 1.807) is 40.8 Å². The largest absolute Gasteiger partial charge is 0.395 e. The van der Waals surface area contributed by atoms with Crippen molar-refractivity contribution in [1.29, 1.82) is 0 Å². The molecular weight excluding hydrogens is 474 g/mol. The van der Waals surface area contributed by atoms with E-state index in [0.717, 1.165) is 12.8 Å². The van der Waals surface area contributed by atoms with Crippen LogP contribution in [0.5, 0.6) is 0 Å². The van der Waals surface area contributed by atoms with Crippen molar-refractivity contribution in [2.45, 2.75) is 76.0 Å². The summed E-state index contributed by atoms with van der Waals surface area (Å²) in [5, 5.41) is 9.90. The highest BCUT2D eigenvalue weighted by Gasteiger charge is 2.76. The second kappa shape index (κ2) is 10.2. The van der Waals surface area contributed by atoms with Gasteiger partial charge < -0.3 is 19.8 Å². The van der Waals surface area contributed by atoms with E-state index in [1.165, 1.54) is 0 Å².